The number of carbonyl (C=O) groups is 1. The topological polar surface area (TPSA) is 45.7 Å². The molecule has 8 heteroatoms. The number of hydrogen-bond acceptors (Lipinski definition) is 5. The minimum absolute atomic E-state index is 0.127. The third-order valence-electron chi connectivity index (χ3n) is 4.09. The highest BCUT2D eigenvalue weighted by molar-refractivity contribution is 7.14. The van der Waals surface area contributed by atoms with Crippen LogP contribution >= 0.6 is 34.5 Å². The summed E-state index contributed by atoms with van der Waals surface area (Å²) in [5.41, 5.74) is 1.60. The van der Waals surface area contributed by atoms with Crippen molar-refractivity contribution in [2.45, 2.75) is 39.5 Å². The van der Waals surface area contributed by atoms with Crippen molar-refractivity contribution in [1.82, 2.24) is 9.88 Å². The van der Waals surface area contributed by atoms with Crippen molar-refractivity contribution in [2.75, 3.05) is 18.0 Å². The van der Waals surface area contributed by atoms with Gasteiger partial charge in [0.15, 0.2) is 5.13 Å². The van der Waals surface area contributed by atoms with Gasteiger partial charge in [-0.15, -0.1) is 11.3 Å². The second-order valence-corrected chi connectivity index (χ2v) is 8.18. The maximum atomic E-state index is 12.2. The first kappa shape index (κ1) is 19.6. The van der Waals surface area contributed by atoms with Crippen LogP contribution in [0.3, 0.4) is 0 Å². The lowest BCUT2D eigenvalue weighted by atomic mass is 10.2. The van der Waals surface area contributed by atoms with Gasteiger partial charge in [0.25, 0.3) is 0 Å². The number of halogens is 2. The summed E-state index contributed by atoms with van der Waals surface area (Å²) in [4.78, 5) is 20.8. The fourth-order valence-corrected chi connectivity index (χ4v) is 4.34. The van der Waals surface area contributed by atoms with E-state index in [1.165, 1.54) is 18.3 Å². The molecule has 2 aromatic rings. The fourth-order valence-electron chi connectivity index (χ4n) is 3.17. The molecule has 1 aromatic heterocycles. The van der Waals surface area contributed by atoms with Crippen molar-refractivity contribution >= 4 is 51.3 Å². The first-order chi connectivity index (χ1) is 12.3. The molecule has 0 saturated carbocycles. The molecule has 0 N–H and O–H groups in total. The van der Waals surface area contributed by atoms with Crippen LogP contribution in [-0.4, -0.2) is 41.1 Å². The van der Waals surface area contributed by atoms with Crippen LogP contribution in [-0.2, 0) is 16.1 Å². The van der Waals surface area contributed by atoms with Crippen LogP contribution in [0.25, 0.3) is 0 Å². The zero-order valence-electron chi connectivity index (χ0n) is 14.9. The number of hydrogen-bond donors (Lipinski definition) is 0. The van der Waals surface area contributed by atoms with Crippen molar-refractivity contribution in [2.24, 2.45) is 0 Å². The maximum Gasteiger partial charge on any atom is 0.230 e. The van der Waals surface area contributed by atoms with Crippen molar-refractivity contribution in [3.63, 3.8) is 0 Å². The lowest BCUT2D eigenvalue weighted by molar-refractivity contribution is -0.115. The van der Waals surface area contributed by atoms with Gasteiger partial charge in [-0.3, -0.25) is 14.6 Å². The van der Waals surface area contributed by atoms with Gasteiger partial charge in [-0.25, -0.2) is 4.98 Å². The molecule has 26 heavy (non-hydrogen) atoms. The Morgan fingerprint density at radius 2 is 2.00 bits per heavy atom. The second-order valence-electron chi connectivity index (χ2n) is 6.53. The van der Waals surface area contributed by atoms with Gasteiger partial charge in [0.1, 0.15) is 0 Å². The van der Waals surface area contributed by atoms with E-state index >= 15 is 0 Å². The van der Waals surface area contributed by atoms with Crippen LogP contribution in [0, 0.1) is 0 Å². The summed E-state index contributed by atoms with van der Waals surface area (Å²) < 4.78 is 5.77. The summed E-state index contributed by atoms with van der Waals surface area (Å²) in [7, 11) is 0. The van der Waals surface area contributed by atoms with Gasteiger partial charge in [-0.1, -0.05) is 23.2 Å². The number of ether oxygens (including phenoxy) is 1. The molecule has 1 amide bonds. The molecule has 0 spiro atoms. The van der Waals surface area contributed by atoms with Crippen LogP contribution in [0.15, 0.2) is 23.6 Å². The molecule has 0 aliphatic carbocycles. The molecule has 2 heterocycles. The first-order valence-corrected chi connectivity index (χ1v) is 10.0. The van der Waals surface area contributed by atoms with E-state index in [0.717, 1.165) is 25.3 Å². The minimum atomic E-state index is -0.127. The van der Waals surface area contributed by atoms with Crippen LogP contribution in [0.2, 0.25) is 10.0 Å². The van der Waals surface area contributed by atoms with E-state index in [9.17, 15) is 4.79 Å². The Hall–Kier alpha value is -1.18. The Labute approximate surface area is 167 Å². The van der Waals surface area contributed by atoms with E-state index < -0.39 is 0 Å². The summed E-state index contributed by atoms with van der Waals surface area (Å²) in [5, 5.41) is 3.48. The SMILES string of the molecule is CC(=O)N(c1ccc(Cl)c(Cl)c1)c1nc(CN2C[C@@H](C)O[C@H](C)C2)cs1. The quantitative estimate of drug-likeness (QED) is 0.725. The van der Waals surface area contributed by atoms with Gasteiger partial charge >= 0.3 is 0 Å². The monoisotopic (exact) mass is 413 g/mol. The molecular weight excluding hydrogens is 393 g/mol. The molecule has 0 radical (unpaired) electrons. The maximum absolute atomic E-state index is 12.2. The number of benzene rings is 1. The van der Waals surface area contributed by atoms with Crippen LogP contribution < -0.4 is 4.90 Å². The summed E-state index contributed by atoms with van der Waals surface area (Å²) in [6.07, 6.45) is 0.420. The molecule has 1 saturated heterocycles. The molecule has 0 bridgehead atoms. The molecule has 2 atom stereocenters. The highest BCUT2D eigenvalue weighted by atomic mass is 35.5. The molecule has 5 nitrogen and oxygen atoms in total. The number of morpholine rings is 1. The van der Waals surface area contributed by atoms with Gasteiger partial charge in [0, 0.05) is 31.9 Å². The van der Waals surface area contributed by atoms with E-state index in [1.807, 2.05) is 5.38 Å². The van der Waals surface area contributed by atoms with E-state index in [-0.39, 0.29) is 18.1 Å². The summed E-state index contributed by atoms with van der Waals surface area (Å²) in [6.45, 7) is 8.16. The Balaban J connectivity index is 1.79. The Kier molecular flexibility index (Phi) is 6.20. The van der Waals surface area contributed by atoms with Gasteiger partial charge < -0.3 is 4.74 Å². The number of rotatable bonds is 4. The second kappa shape index (κ2) is 8.23. The van der Waals surface area contributed by atoms with E-state index in [1.54, 1.807) is 23.1 Å². The normalized spacial score (nSPS) is 21.0. The largest absolute Gasteiger partial charge is 0.373 e. The number of amides is 1. The number of nitrogens with zero attached hydrogens (tertiary/aromatic N) is 3. The van der Waals surface area contributed by atoms with Gasteiger partial charge in [0.2, 0.25) is 5.91 Å². The number of aromatic nitrogens is 1. The Morgan fingerprint density at radius 3 is 2.62 bits per heavy atom. The third-order valence-corrected chi connectivity index (χ3v) is 5.70. The molecule has 1 aromatic carbocycles. The molecular formula is C18H21Cl2N3O2S. The number of thiazole rings is 1. The van der Waals surface area contributed by atoms with Crippen LogP contribution in [0.4, 0.5) is 10.8 Å². The zero-order chi connectivity index (χ0) is 18.8. The Bertz CT molecular complexity index is 788. The molecule has 3 rings (SSSR count). The number of anilines is 2. The summed E-state index contributed by atoms with van der Waals surface area (Å²) in [6, 6.07) is 5.12. The molecule has 1 aliphatic heterocycles. The average Bonchev–Trinajstić information content (AvgIpc) is 2.97. The van der Waals surface area contributed by atoms with Crippen molar-refractivity contribution in [3.8, 4) is 0 Å². The smallest absolute Gasteiger partial charge is 0.230 e. The highest BCUT2D eigenvalue weighted by Crippen LogP contribution is 2.33. The van der Waals surface area contributed by atoms with Gasteiger partial charge in [0.05, 0.1) is 33.6 Å². The van der Waals surface area contributed by atoms with E-state index in [4.69, 9.17) is 27.9 Å². The third kappa shape index (κ3) is 4.56. The molecule has 0 unspecified atom stereocenters. The van der Waals surface area contributed by atoms with Crippen molar-refractivity contribution < 1.29 is 9.53 Å². The van der Waals surface area contributed by atoms with Crippen LogP contribution in [0.1, 0.15) is 26.5 Å². The Morgan fingerprint density at radius 1 is 1.31 bits per heavy atom. The lowest BCUT2D eigenvalue weighted by Crippen LogP contribution is -2.44. The average molecular weight is 414 g/mol. The van der Waals surface area contributed by atoms with Gasteiger partial charge in [-0.2, -0.15) is 0 Å². The highest BCUT2D eigenvalue weighted by Gasteiger charge is 2.24. The van der Waals surface area contributed by atoms with Gasteiger partial charge in [-0.05, 0) is 32.0 Å². The zero-order valence-corrected chi connectivity index (χ0v) is 17.2. The lowest BCUT2D eigenvalue weighted by Gasteiger charge is -2.34. The van der Waals surface area contributed by atoms with Crippen molar-refractivity contribution in [1.29, 1.82) is 0 Å². The predicted molar refractivity (Wildman–Crippen MR) is 107 cm³/mol. The van der Waals surface area contributed by atoms with Crippen LogP contribution in [0.5, 0.6) is 0 Å². The summed E-state index contributed by atoms with van der Waals surface area (Å²) >= 11 is 13.5. The minimum Gasteiger partial charge on any atom is -0.373 e. The predicted octanol–water partition coefficient (Wildman–Crippen LogP) is 4.74. The molecule has 1 fully saturated rings. The molecule has 140 valence electrons. The fraction of sp³-hybridized carbons (Fsp3) is 0.444. The van der Waals surface area contributed by atoms with Crippen molar-refractivity contribution in [3.05, 3.63) is 39.3 Å². The standard InChI is InChI=1S/C18H21Cl2N3O2S/c1-11-7-22(8-12(2)25-11)9-14-10-26-18(21-14)23(13(3)24)15-4-5-16(19)17(20)6-15/h4-6,10-12H,7-9H2,1-3H3/t11-,12-/m1/s1. The number of carbonyl (C=O) groups excluding carboxylic acids is 1. The van der Waals surface area contributed by atoms with E-state index in [0.29, 0.717) is 20.9 Å². The van der Waals surface area contributed by atoms with E-state index in [2.05, 4.69) is 23.7 Å². The first-order valence-electron chi connectivity index (χ1n) is 8.41. The summed E-state index contributed by atoms with van der Waals surface area (Å²) in [5.74, 6) is -0.127. The molecule has 1 aliphatic rings.